The molecule has 21 heavy (non-hydrogen) atoms. The van der Waals surface area contributed by atoms with Crippen molar-refractivity contribution in [2.45, 2.75) is 0 Å². The fraction of sp³-hybridized carbons (Fsp3) is 0. The lowest BCUT2D eigenvalue weighted by atomic mass is 10.2. The van der Waals surface area contributed by atoms with Crippen LogP contribution in [0.15, 0.2) is 60.9 Å². The minimum absolute atomic E-state index is 0.494. The number of nitrogens with zero attached hydrogens (tertiary/aromatic N) is 2. The van der Waals surface area contributed by atoms with Crippen molar-refractivity contribution in [2.75, 3.05) is 5.32 Å². The van der Waals surface area contributed by atoms with Crippen molar-refractivity contribution in [2.24, 2.45) is 0 Å². The van der Waals surface area contributed by atoms with Gasteiger partial charge in [-0.3, -0.25) is 10.4 Å². The van der Waals surface area contributed by atoms with Gasteiger partial charge < -0.3 is 4.74 Å². The van der Waals surface area contributed by atoms with Crippen LogP contribution >= 0.6 is 0 Å². The topological polar surface area (TPSA) is 79.9 Å². The van der Waals surface area contributed by atoms with Gasteiger partial charge in [0, 0.05) is 11.3 Å². The fourth-order valence-corrected chi connectivity index (χ4v) is 1.79. The van der Waals surface area contributed by atoms with E-state index in [1.54, 1.807) is 36.4 Å². The summed E-state index contributed by atoms with van der Waals surface area (Å²) in [7, 11) is 0. The van der Waals surface area contributed by atoms with Crippen molar-refractivity contribution < 1.29 is 9.53 Å². The average Bonchev–Trinajstić information content (AvgIpc) is 3.03. The number of ether oxygens (including phenoxy) is 1. The van der Waals surface area contributed by atoms with E-state index in [1.165, 1.54) is 6.33 Å². The quantitative estimate of drug-likeness (QED) is 0.772. The van der Waals surface area contributed by atoms with Gasteiger partial charge in [0.25, 0.3) is 0 Å². The lowest BCUT2D eigenvalue weighted by molar-refractivity contribution is 0.215. The molecule has 104 valence electrons. The first-order valence-corrected chi connectivity index (χ1v) is 6.31. The third-order valence-electron chi connectivity index (χ3n) is 2.77. The van der Waals surface area contributed by atoms with E-state index in [4.69, 9.17) is 4.74 Å². The van der Waals surface area contributed by atoms with E-state index in [0.29, 0.717) is 17.3 Å². The Balaban J connectivity index is 1.64. The molecule has 6 heteroatoms. The number of amides is 1. The molecule has 0 atom stereocenters. The molecule has 2 N–H and O–H groups in total. The Bertz CT molecular complexity index is 709. The zero-order valence-corrected chi connectivity index (χ0v) is 11.0. The maximum Gasteiger partial charge on any atom is 0.417 e. The van der Waals surface area contributed by atoms with Crippen molar-refractivity contribution in [3.63, 3.8) is 0 Å². The molecular formula is C15H12N4O2. The maximum atomic E-state index is 11.7. The van der Waals surface area contributed by atoms with Gasteiger partial charge >= 0.3 is 6.09 Å². The average molecular weight is 280 g/mol. The van der Waals surface area contributed by atoms with Gasteiger partial charge in [-0.25, -0.2) is 9.78 Å². The molecular weight excluding hydrogens is 268 g/mol. The van der Waals surface area contributed by atoms with Crippen LogP contribution in [0.2, 0.25) is 0 Å². The first-order chi connectivity index (χ1) is 10.3. The monoisotopic (exact) mass is 280 g/mol. The summed E-state index contributed by atoms with van der Waals surface area (Å²) in [6, 6.07) is 16.1. The highest BCUT2D eigenvalue weighted by Gasteiger charge is 2.05. The molecule has 1 heterocycles. The van der Waals surface area contributed by atoms with E-state index in [1.807, 2.05) is 18.2 Å². The van der Waals surface area contributed by atoms with Crippen LogP contribution in [-0.2, 0) is 0 Å². The summed E-state index contributed by atoms with van der Waals surface area (Å²) in [6.45, 7) is 0. The number of para-hydroxylation sites is 1. The maximum absolute atomic E-state index is 11.7. The van der Waals surface area contributed by atoms with E-state index >= 15 is 0 Å². The second-order valence-electron chi connectivity index (χ2n) is 4.24. The normalized spacial score (nSPS) is 10.1. The highest BCUT2D eigenvalue weighted by atomic mass is 16.6. The van der Waals surface area contributed by atoms with Crippen molar-refractivity contribution in [3.8, 4) is 17.1 Å². The Labute approximate surface area is 120 Å². The number of H-pyrrole nitrogens is 1. The summed E-state index contributed by atoms with van der Waals surface area (Å²) >= 11 is 0. The lowest BCUT2D eigenvalue weighted by Gasteiger charge is -2.06. The fourth-order valence-electron chi connectivity index (χ4n) is 1.79. The second-order valence-corrected chi connectivity index (χ2v) is 4.24. The highest BCUT2D eigenvalue weighted by Crippen LogP contribution is 2.17. The van der Waals surface area contributed by atoms with Crippen LogP contribution in [0.5, 0.6) is 5.75 Å². The molecule has 3 rings (SSSR count). The minimum Gasteiger partial charge on any atom is -0.410 e. The largest absolute Gasteiger partial charge is 0.417 e. The summed E-state index contributed by atoms with van der Waals surface area (Å²) < 4.78 is 5.14. The summed E-state index contributed by atoms with van der Waals surface area (Å²) in [6.07, 6.45) is 0.909. The predicted octanol–water partition coefficient (Wildman–Crippen LogP) is 3.08. The highest BCUT2D eigenvalue weighted by molar-refractivity contribution is 5.86. The van der Waals surface area contributed by atoms with E-state index in [9.17, 15) is 4.79 Å². The molecule has 1 aromatic heterocycles. The number of benzene rings is 2. The van der Waals surface area contributed by atoms with Crippen molar-refractivity contribution >= 4 is 11.8 Å². The van der Waals surface area contributed by atoms with Gasteiger partial charge in [-0.1, -0.05) is 18.2 Å². The van der Waals surface area contributed by atoms with Gasteiger partial charge in [0.15, 0.2) is 5.82 Å². The minimum atomic E-state index is -0.534. The summed E-state index contributed by atoms with van der Waals surface area (Å²) in [5.74, 6) is 1.17. The van der Waals surface area contributed by atoms with Crippen LogP contribution in [0.3, 0.4) is 0 Å². The Kier molecular flexibility index (Phi) is 3.60. The van der Waals surface area contributed by atoms with E-state index < -0.39 is 6.09 Å². The standard InChI is InChI=1S/C15H12N4O2/c20-15(21-13-4-2-1-3-5-13)18-12-8-6-11(7-9-12)14-16-10-17-19-14/h1-10H,(H,18,20)(H,16,17,19). The molecule has 0 saturated carbocycles. The number of hydrogen-bond donors (Lipinski definition) is 2. The van der Waals surface area contributed by atoms with Crippen molar-refractivity contribution in [1.29, 1.82) is 0 Å². The lowest BCUT2D eigenvalue weighted by Crippen LogP contribution is -2.16. The number of carbonyl (C=O) groups is 1. The van der Waals surface area contributed by atoms with Gasteiger partial charge in [0.05, 0.1) is 0 Å². The molecule has 0 radical (unpaired) electrons. The third kappa shape index (κ3) is 3.24. The Morgan fingerprint density at radius 3 is 2.48 bits per heavy atom. The Morgan fingerprint density at radius 2 is 1.81 bits per heavy atom. The molecule has 0 aliphatic carbocycles. The van der Waals surface area contributed by atoms with Gasteiger partial charge in [-0.15, -0.1) is 0 Å². The number of aromatic amines is 1. The molecule has 0 saturated heterocycles. The predicted molar refractivity (Wildman–Crippen MR) is 77.9 cm³/mol. The number of rotatable bonds is 3. The van der Waals surface area contributed by atoms with Crippen LogP contribution in [0, 0.1) is 0 Å². The van der Waals surface area contributed by atoms with Crippen LogP contribution < -0.4 is 10.1 Å². The van der Waals surface area contributed by atoms with Gasteiger partial charge in [-0.05, 0) is 36.4 Å². The zero-order valence-electron chi connectivity index (χ0n) is 11.0. The van der Waals surface area contributed by atoms with E-state index in [2.05, 4.69) is 20.5 Å². The number of carbonyl (C=O) groups excluding carboxylic acids is 1. The molecule has 0 aliphatic rings. The molecule has 1 amide bonds. The Hall–Kier alpha value is -3.15. The number of hydrogen-bond acceptors (Lipinski definition) is 4. The summed E-state index contributed by atoms with van der Waals surface area (Å²) in [5.41, 5.74) is 1.52. The summed E-state index contributed by atoms with van der Waals surface area (Å²) in [5, 5.41) is 9.22. The van der Waals surface area contributed by atoms with Crippen LogP contribution in [0.4, 0.5) is 10.5 Å². The van der Waals surface area contributed by atoms with E-state index in [-0.39, 0.29) is 0 Å². The smallest absolute Gasteiger partial charge is 0.410 e. The molecule has 2 aromatic carbocycles. The van der Waals surface area contributed by atoms with Gasteiger partial charge in [-0.2, -0.15) is 5.10 Å². The molecule has 0 aliphatic heterocycles. The molecule has 0 bridgehead atoms. The van der Waals surface area contributed by atoms with Crippen LogP contribution in [0.25, 0.3) is 11.4 Å². The summed E-state index contributed by atoms with van der Waals surface area (Å²) in [4.78, 5) is 15.8. The van der Waals surface area contributed by atoms with Crippen LogP contribution in [0.1, 0.15) is 0 Å². The molecule has 6 nitrogen and oxygen atoms in total. The van der Waals surface area contributed by atoms with Gasteiger partial charge in [0.2, 0.25) is 0 Å². The second kappa shape index (κ2) is 5.87. The van der Waals surface area contributed by atoms with E-state index in [0.717, 1.165) is 5.56 Å². The molecule has 0 fully saturated rings. The third-order valence-corrected chi connectivity index (χ3v) is 2.77. The number of aromatic nitrogens is 3. The Morgan fingerprint density at radius 1 is 1.05 bits per heavy atom. The van der Waals surface area contributed by atoms with Gasteiger partial charge in [0.1, 0.15) is 12.1 Å². The molecule has 3 aromatic rings. The zero-order chi connectivity index (χ0) is 14.5. The number of nitrogens with one attached hydrogen (secondary N) is 2. The first kappa shape index (κ1) is 12.9. The number of anilines is 1. The van der Waals surface area contributed by atoms with Crippen molar-refractivity contribution in [3.05, 3.63) is 60.9 Å². The molecule has 0 spiro atoms. The van der Waals surface area contributed by atoms with Crippen molar-refractivity contribution in [1.82, 2.24) is 15.2 Å². The molecule has 0 unspecified atom stereocenters. The van der Waals surface area contributed by atoms with Crippen LogP contribution in [-0.4, -0.2) is 21.3 Å². The first-order valence-electron chi connectivity index (χ1n) is 6.31. The SMILES string of the molecule is O=C(Nc1ccc(-c2ncn[nH]2)cc1)Oc1ccccc1.